The lowest BCUT2D eigenvalue weighted by molar-refractivity contribution is -0.139. The molecule has 0 aromatic carbocycles. The minimum atomic E-state index is -0.247. The maximum absolute atomic E-state index is 12.4. The molecule has 138 valence electrons. The molecule has 0 aliphatic carbocycles. The van der Waals surface area contributed by atoms with Crippen LogP contribution in [0, 0.1) is 6.92 Å². The molecule has 3 heterocycles. The number of aryl methyl sites for hydroxylation is 1. The van der Waals surface area contributed by atoms with Gasteiger partial charge in [0.25, 0.3) is 0 Å². The van der Waals surface area contributed by atoms with Crippen molar-refractivity contribution >= 4 is 11.9 Å². The molecule has 1 atom stereocenters. The topological polar surface area (TPSA) is 97.5 Å². The molecule has 1 aliphatic rings. The Morgan fingerprint density at radius 2 is 2.04 bits per heavy atom. The van der Waals surface area contributed by atoms with Crippen molar-refractivity contribution in [2.45, 2.75) is 13.0 Å². The Morgan fingerprint density at radius 3 is 2.73 bits per heavy atom. The second-order valence-corrected chi connectivity index (χ2v) is 6.69. The van der Waals surface area contributed by atoms with Gasteiger partial charge in [-0.25, -0.2) is 9.97 Å². The van der Waals surface area contributed by atoms with E-state index in [9.17, 15) is 4.79 Å². The number of amides is 1. The number of carbonyl (C=O) groups is 1. The van der Waals surface area contributed by atoms with E-state index < -0.39 is 0 Å². The number of morpholine rings is 1. The second-order valence-electron chi connectivity index (χ2n) is 6.69. The van der Waals surface area contributed by atoms with E-state index in [0.717, 1.165) is 22.5 Å². The van der Waals surface area contributed by atoms with E-state index in [0.29, 0.717) is 26.2 Å². The van der Waals surface area contributed by atoms with Crippen LogP contribution in [0.25, 0.3) is 11.1 Å². The molecule has 0 unspecified atom stereocenters. The van der Waals surface area contributed by atoms with Crippen molar-refractivity contribution in [3.63, 3.8) is 0 Å². The van der Waals surface area contributed by atoms with Gasteiger partial charge in [0, 0.05) is 30.2 Å². The fraction of sp³-hybridized carbons (Fsp3) is 0.444. The Hall–Kier alpha value is -2.58. The number of hydrogen-bond acceptors (Lipinski definition) is 7. The number of nitrogen functional groups attached to an aromatic ring is 1. The van der Waals surface area contributed by atoms with Gasteiger partial charge in [-0.3, -0.25) is 9.78 Å². The van der Waals surface area contributed by atoms with E-state index in [-0.39, 0.29) is 18.0 Å². The van der Waals surface area contributed by atoms with Crippen LogP contribution in [0.4, 0.5) is 5.95 Å². The van der Waals surface area contributed by atoms with Gasteiger partial charge < -0.3 is 20.3 Å². The Labute approximate surface area is 153 Å². The molecule has 8 nitrogen and oxygen atoms in total. The molecule has 1 fully saturated rings. The SMILES string of the molecule is Cc1cc(-c2cnc(N)nc2)cc([C@@H]2CN(C(=O)CN(C)C)CCO2)n1. The molecule has 1 saturated heterocycles. The lowest BCUT2D eigenvalue weighted by Crippen LogP contribution is -2.45. The van der Waals surface area contributed by atoms with Crippen molar-refractivity contribution in [2.24, 2.45) is 0 Å². The molecule has 0 radical (unpaired) electrons. The summed E-state index contributed by atoms with van der Waals surface area (Å²) in [6.07, 6.45) is 3.13. The van der Waals surface area contributed by atoms with Gasteiger partial charge in [0.05, 0.1) is 25.4 Å². The van der Waals surface area contributed by atoms with E-state index in [1.54, 1.807) is 12.4 Å². The first-order valence-electron chi connectivity index (χ1n) is 8.53. The molecule has 3 rings (SSSR count). The largest absolute Gasteiger partial charge is 0.368 e. The van der Waals surface area contributed by atoms with Gasteiger partial charge >= 0.3 is 0 Å². The van der Waals surface area contributed by atoms with Crippen molar-refractivity contribution in [2.75, 3.05) is 46.1 Å². The maximum atomic E-state index is 12.4. The van der Waals surface area contributed by atoms with Gasteiger partial charge in [0.15, 0.2) is 0 Å². The van der Waals surface area contributed by atoms with Crippen LogP contribution < -0.4 is 5.73 Å². The molecular weight excluding hydrogens is 332 g/mol. The normalized spacial score (nSPS) is 17.5. The molecule has 8 heteroatoms. The van der Waals surface area contributed by atoms with Crippen LogP contribution in [-0.4, -0.2) is 71.0 Å². The van der Waals surface area contributed by atoms with Gasteiger partial charge in [0.2, 0.25) is 11.9 Å². The molecule has 0 bridgehead atoms. The van der Waals surface area contributed by atoms with Crippen LogP contribution in [-0.2, 0) is 9.53 Å². The number of nitrogens with zero attached hydrogens (tertiary/aromatic N) is 5. The first kappa shape index (κ1) is 18.2. The minimum Gasteiger partial charge on any atom is -0.368 e. The van der Waals surface area contributed by atoms with Gasteiger partial charge in [-0.15, -0.1) is 0 Å². The molecule has 2 aromatic heterocycles. The highest BCUT2D eigenvalue weighted by molar-refractivity contribution is 5.78. The first-order chi connectivity index (χ1) is 12.4. The summed E-state index contributed by atoms with van der Waals surface area (Å²) in [6, 6.07) is 3.93. The van der Waals surface area contributed by atoms with Crippen molar-refractivity contribution in [1.29, 1.82) is 0 Å². The van der Waals surface area contributed by atoms with E-state index in [1.165, 1.54) is 0 Å². The van der Waals surface area contributed by atoms with Crippen molar-refractivity contribution < 1.29 is 9.53 Å². The number of aromatic nitrogens is 3. The maximum Gasteiger partial charge on any atom is 0.236 e. The zero-order valence-electron chi connectivity index (χ0n) is 15.3. The summed E-state index contributed by atoms with van der Waals surface area (Å²) in [5, 5.41) is 0. The number of rotatable bonds is 4. The van der Waals surface area contributed by atoms with Crippen molar-refractivity contribution in [1.82, 2.24) is 24.8 Å². The predicted molar refractivity (Wildman–Crippen MR) is 98.2 cm³/mol. The second kappa shape index (κ2) is 7.76. The van der Waals surface area contributed by atoms with Crippen LogP contribution in [0.3, 0.4) is 0 Å². The number of ether oxygens (including phenoxy) is 1. The summed E-state index contributed by atoms with van der Waals surface area (Å²) in [5.74, 6) is 0.341. The Bertz CT molecular complexity index is 778. The summed E-state index contributed by atoms with van der Waals surface area (Å²) in [5.41, 5.74) is 9.05. The van der Waals surface area contributed by atoms with E-state index >= 15 is 0 Å². The Kier molecular flexibility index (Phi) is 5.43. The van der Waals surface area contributed by atoms with Crippen LogP contribution >= 0.6 is 0 Å². The average Bonchev–Trinajstić information content (AvgIpc) is 2.61. The molecule has 0 saturated carbocycles. The number of anilines is 1. The highest BCUT2D eigenvalue weighted by atomic mass is 16.5. The van der Waals surface area contributed by atoms with Crippen LogP contribution in [0.15, 0.2) is 24.5 Å². The van der Waals surface area contributed by atoms with Gasteiger partial charge in [-0.2, -0.15) is 0 Å². The summed E-state index contributed by atoms with van der Waals surface area (Å²) < 4.78 is 5.89. The van der Waals surface area contributed by atoms with E-state index in [4.69, 9.17) is 10.5 Å². The van der Waals surface area contributed by atoms with Crippen molar-refractivity contribution in [3.8, 4) is 11.1 Å². The third-order valence-corrected chi connectivity index (χ3v) is 4.18. The third-order valence-electron chi connectivity index (χ3n) is 4.18. The average molecular weight is 356 g/mol. The van der Waals surface area contributed by atoms with Crippen LogP contribution in [0.2, 0.25) is 0 Å². The van der Waals surface area contributed by atoms with Gasteiger partial charge in [-0.1, -0.05) is 0 Å². The summed E-state index contributed by atoms with van der Waals surface area (Å²) in [7, 11) is 3.78. The molecular formula is C18H24N6O2. The lowest BCUT2D eigenvalue weighted by atomic mass is 10.1. The Morgan fingerprint density at radius 1 is 1.31 bits per heavy atom. The summed E-state index contributed by atoms with van der Waals surface area (Å²) in [6.45, 7) is 3.93. The Balaban J connectivity index is 1.82. The third kappa shape index (κ3) is 4.33. The number of pyridine rings is 1. The fourth-order valence-corrected chi connectivity index (χ4v) is 2.94. The molecule has 2 aromatic rings. The summed E-state index contributed by atoms with van der Waals surface area (Å²) >= 11 is 0. The molecule has 1 amide bonds. The number of carbonyl (C=O) groups excluding carboxylic acids is 1. The van der Waals surface area contributed by atoms with Gasteiger partial charge in [-0.05, 0) is 38.7 Å². The highest BCUT2D eigenvalue weighted by Crippen LogP contribution is 2.26. The zero-order valence-corrected chi connectivity index (χ0v) is 15.3. The van der Waals surface area contributed by atoms with Crippen molar-refractivity contribution in [3.05, 3.63) is 35.9 Å². The fourth-order valence-electron chi connectivity index (χ4n) is 2.94. The molecule has 2 N–H and O–H groups in total. The number of nitrogens with two attached hydrogens (primary N) is 1. The predicted octanol–water partition coefficient (Wildman–Crippen LogP) is 0.891. The lowest BCUT2D eigenvalue weighted by Gasteiger charge is -2.33. The number of hydrogen-bond donors (Lipinski definition) is 1. The van der Waals surface area contributed by atoms with E-state index in [2.05, 4.69) is 15.0 Å². The number of likely N-dealkylation sites (N-methyl/N-ethyl adjacent to an activating group) is 1. The van der Waals surface area contributed by atoms with Crippen LogP contribution in [0.1, 0.15) is 17.5 Å². The van der Waals surface area contributed by atoms with Crippen LogP contribution in [0.5, 0.6) is 0 Å². The molecule has 26 heavy (non-hydrogen) atoms. The quantitative estimate of drug-likeness (QED) is 0.869. The molecule has 1 aliphatic heterocycles. The zero-order chi connectivity index (χ0) is 18.7. The minimum absolute atomic E-state index is 0.100. The first-order valence-corrected chi connectivity index (χ1v) is 8.53. The smallest absolute Gasteiger partial charge is 0.236 e. The standard InChI is InChI=1S/C18H24N6O2/c1-12-6-13(14-8-20-18(19)21-9-14)7-15(22-12)16-10-24(4-5-26-16)17(25)11-23(2)3/h6-9,16H,4-5,10-11H2,1-3H3,(H2,19,20,21)/t16-/m0/s1. The summed E-state index contributed by atoms with van der Waals surface area (Å²) in [4.78, 5) is 28.8. The van der Waals surface area contributed by atoms with E-state index in [1.807, 2.05) is 43.0 Å². The molecule has 0 spiro atoms. The highest BCUT2D eigenvalue weighted by Gasteiger charge is 2.27. The monoisotopic (exact) mass is 356 g/mol. The van der Waals surface area contributed by atoms with Gasteiger partial charge in [0.1, 0.15) is 6.10 Å².